The van der Waals surface area contributed by atoms with E-state index in [2.05, 4.69) is 0 Å². The van der Waals surface area contributed by atoms with Crippen molar-refractivity contribution < 1.29 is 14.8 Å². The molecule has 0 bridgehead atoms. The Morgan fingerprint density at radius 1 is 1.21 bits per heavy atom. The van der Waals surface area contributed by atoms with Gasteiger partial charge in [0.15, 0.2) is 5.78 Å². The highest BCUT2D eigenvalue weighted by Crippen LogP contribution is 2.06. The van der Waals surface area contributed by atoms with Crippen LogP contribution < -0.4 is 5.46 Å². The molecule has 14 heavy (non-hydrogen) atoms. The molecule has 74 valence electrons. The van der Waals surface area contributed by atoms with Gasteiger partial charge in [-0.15, -0.1) is 0 Å². The van der Waals surface area contributed by atoms with Gasteiger partial charge < -0.3 is 10.0 Å². The molecule has 0 aliphatic rings. The Morgan fingerprint density at radius 3 is 2.07 bits per heavy atom. The molecule has 4 heteroatoms. The first-order valence-corrected chi connectivity index (χ1v) is 4.52. The summed E-state index contributed by atoms with van der Waals surface area (Å²) >= 11 is 0. The van der Waals surface area contributed by atoms with Gasteiger partial charge >= 0.3 is 7.12 Å². The average molecular weight is 192 g/mol. The van der Waals surface area contributed by atoms with Gasteiger partial charge in [-0.05, 0) is 5.46 Å². The Bertz CT molecular complexity index is 317. The topological polar surface area (TPSA) is 57.5 Å². The summed E-state index contributed by atoms with van der Waals surface area (Å²) in [4.78, 5) is 11.5. The molecule has 0 aromatic heterocycles. The smallest absolute Gasteiger partial charge is 0.423 e. The van der Waals surface area contributed by atoms with Crippen molar-refractivity contribution in [3.05, 3.63) is 29.8 Å². The second kappa shape index (κ2) is 4.40. The Labute approximate surface area is 83.5 Å². The third-order valence-corrected chi connectivity index (χ3v) is 2.02. The molecule has 3 nitrogen and oxygen atoms in total. The molecular formula is C10H13BO3. The van der Waals surface area contributed by atoms with E-state index < -0.39 is 7.12 Å². The van der Waals surface area contributed by atoms with Gasteiger partial charge in [-0.25, -0.2) is 0 Å². The first-order valence-electron chi connectivity index (χ1n) is 4.52. The molecule has 0 heterocycles. The van der Waals surface area contributed by atoms with Gasteiger partial charge in [-0.1, -0.05) is 38.1 Å². The van der Waals surface area contributed by atoms with E-state index in [0.717, 1.165) is 0 Å². The van der Waals surface area contributed by atoms with Crippen LogP contribution in [0, 0.1) is 5.92 Å². The lowest BCUT2D eigenvalue weighted by molar-refractivity contribution is 0.0939. The summed E-state index contributed by atoms with van der Waals surface area (Å²) in [5, 5.41) is 17.7. The molecule has 0 aliphatic heterocycles. The number of carbonyl (C=O) groups is 1. The van der Waals surface area contributed by atoms with Gasteiger partial charge in [0, 0.05) is 11.5 Å². The normalized spacial score (nSPS) is 10.4. The predicted molar refractivity (Wildman–Crippen MR) is 55.4 cm³/mol. The summed E-state index contributed by atoms with van der Waals surface area (Å²) in [6.45, 7) is 3.66. The maximum absolute atomic E-state index is 11.5. The monoisotopic (exact) mass is 192 g/mol. The van der Waals surface area contributed by atoms with Gasteiger partial charge in [-0.3, -0.25) is 4.79 Å². The Hall–Kier alpha value is -1.13. The number of ketones is 1. The molecule has 2 N–H and O–H groups in total. The third kappa shape index (κ3) is 2.43. The van der Waals surface area contributed by atoms with Crippen LogP contribution in [0.15, 0.2) is 24.3 Å². The Morgan fingerprint density at radius 2 is 1.71 bits per heavy atom. The number of hydrogen-bond acceptors (Lipinski definition) is 3. The van der Waals surface area contributed by atoms with Crippen LogP contribution in [-0.2, 0) is 0 Å². The van der Waals surface area contributed by atoms with E-state index in [4.69, 9.17) is 10.0 Å². The summed E-state index contributed by atoms with van der Waals surface area (Å²) in [7, 11) is -1.47. The zero-order valence-electron chi connectivity index (χ0n) is 8.27. The molecule has 1 aromatic carbocycles. The number of Topliss-reactive ketones (excluding diaryl/α,β-unsaturated/α-hetero) is 1. The molecule has 0 amide bonds. The highest BCUT2D eigenvalue weighted by Gasteiger charge is 2.13. The standard InChI is InChI=1S/C10H13BO3/c1-7(2)10(12)8-3-5-9(6-4-8)11(13)14/h3-7,13-14H,1-2H3. The zero-order chi connectivity index (χ0) is 10.7. The fourth-order valence-electron chi connectivity index (χ4n) is 1.15. The maximum atomic E-state index is 11.5. The number of rotatable bonds is 3. The van der Waals surface area contributed by atoms with Gasteiger partial charge in [0.1, 0.15) is 0 Å². The van der Waals surface area contributed by atoms with Crippen molar-refractivity contribution in [3.8, 4) is 0 Å². The van der Waals surface area contributed by atoms with Crippen molar-refractivity contribution in [2.24, 2.45) is 5.92 Å². The number of carbonyl (C=O) groups excluding carboxylic acids is 1. The van der Waals surface area contributed by atoms with Gasteiger partial charge in [0.05, 0.1) is 0 Å². The molecule has 0 fully saturated rings. The molecule has 0 saturated heterocycles. The van der Waals surface area contributed by atoms with E-state index in [-0.39, 0.29) is 11.7 Å². The lowest BCUT2D eigenvalue weighted by Gasteiger charge is -2.05. The zero-order valence-corrected chi connectivity index (χ0v) is 8.27. The highest BCUT2D eigenvalue weighted by atomic mass is 16.4. The summed E-state index contributed by atoms with van der Waals surface area (Å²) in [6, 6.07) is 6.30. The van der Waals surface area contributed by atoms with Gasteiger partial charge in [0.25, 0.3) is 0 Å². The van der Waals surface area contributed by atoms with Crippen LogP contribution in [-0.4, -0.2) is 22.9 Å². The van der Waals surface area contributed by atoms with Gasteiger partial charge in [0.2, 0.25) is 0 Å². The van der Waals surface area contributed by atoms with E-state index >= 15 is 0 Å². The number of benzene rings is 1. The lowest BCUT2D eigenvalue weighted by atomic mass is 9.80. The molecule has 0 unspecified atom stereocenters. The minimum absolute atomic E-state index is 0.0418. The SMILES string of the molecule is CC(C)C(=O)c1ccc(B(O)O)cc1. The quantitative estimate of drug-likeness (QED) is 0.531. The van der Waals surface area contributed by atoms with E-state index in [1.165, 1.54) is 0 Å². The second-order valence-electron chi connectivity index (χ2n) is 3.51. The number of hydrogen-bond donors (Lipinski definition) is 2. The molecule has 0 saturated carbocycles. The Balaban J connectivity index is 2.89. The maximum Gasteiger partial charge on any atom is 0.488 e. The fraction of sp³-hybridized carbons (Fsp3) is 0.300. The molecule has 0 atom stereocenters. The van der Waals surface area contributed by atoms with Crippen LogP contribution in [0.25, 0.3) is 0 Å². The first kappa shape index (κ1) is 11.0. The molecule has 0 spiro atoms. The van der Waals surface area contributed by atoms with E-state index in [1.807, 2.05) is 13.8 Å². The largest absolute Gasteiger partial charge is 0.488 e. The minimum atomic E-state index is -1.47. The van der Waals surface area contributed by atoms with Crippen molar-refractivity contribution in [2.45, 2.75) is 13.8 Å². The van der Waals surface area contributed by atoms with E-state index in [1.54, 1.807) is 24.3 Å². The van der Waals surface area contributed by atoms with Crippen molar-refractivity contribution in [1.29, 1.82) is 0 Å². The molecular weight excluding hydrogens is 179 g/mol. The molecule has 0 aliphatic carbocycles. The van der Waals surface area contributed by atoms with Crippen LogP contribution in [0.3, 0.4) is 0 Å². The summed E-state index contributed by atoms with van der Waals surface area (Å²) in [6.07, 6.45) is 0. The van der Waals surface area contributed by atoms with Gasteiger partial charge in [-0.2, -0.15) is 0 Å². The first-order chi connectivity index (χ1) is 6.52. The average Bonchev–Trinajstić information content (AvgIpc) is 2.16. The van der Waals surface area contributed by atoms with Crippen LogP contribution in [0.4, 0.5) is 0 Å². The second-order valence-corrected chi connectivity index (χ2v) is 3.51. The summed E-state index contributed by atoms with van der Waals surface area (Å²) < 4.78 is 0. The fourth-order valence-corrected chi connectivity index (χ4v) is 1.15. The predicted octanol–water partition coefficient (Wildman–Crippen LogP) is 0.205. The molecule has 1 rings (SSSR count). The van der Waals surface area contributed by atoms with Crippen molar-refractivity contribution in [1.82, 2.24) is 0 Å². The van der Waals surface area contributed by atoms with Crippen molar-refractivity contribution in [2.75, 3.05) is 0 Å². The molecule has 0 radical (unpaired) electrons. The summed E-state index contributed by atoms with van der Waals surface area (Å²) in [5.41, 5.74) is 0.995. The minimum Gasteiger partial charge on any atom is -0.423 e. The van der Waals surface area contributed by atoms with E-state index in [0.29, 0.717) is 11.0 Å². The van der Waals surface area contributed by atoms with Crippen molar-refractivity contribution >= 4 is 18.4 Å². The lowest BCUT2D eigenvalue weighted by Crippen LogP contribution is -2.29. The Kier molecular flexibility index (Phi) is 3.44. The van der Waals surface area contributed by atoms with Crippen LogP contribution in [0.5, 0.6) is 0 Å². The third-order valence-electron chi connectivity index (χ3n) is 2.02. The van der Waals surface area contributed by atoms with E-state index in [9.17, 15) is 4.79 Å². The van der Waals surface area contributed by atoms with Crippen LogP contribution in [0.1, 0.15) is 24.2 Å². The van der Waals surface area contributed by atoms with Crippen LogP contribution >= 0.6 is 0 Å². The summed E-state index contributed by atoms with van der Waals surface area (Å²) in [5.74, 6) is 0.0175. The van der Waals surface area contributed by atoms with Crippen LogP contribution in [0.2, 0.25) is 0 Å². The van der Waals surface area contributed by atoms with Crippen molar-refractivity contribution in [3.63, 3.8) is 0 Å². The molecule has 1 aromatic rings. The highest BCUT2D eigenvalue weighted by molar-refractivity contribution is 6.58.